The van der Waals surface area contributed by atoms with Crippen LogP contribution in [0.4, 0.5) is 5.13 Å². The highest BCUT2D eigenvalue weighted by Crippen LogP contribution is 2.28. The second-order valence-electron chi connectivity index (χ2n) is 6.76. The summed E-state index contributed by atoms with van der Waals surface area (Å²) in [6.45, 7) is 0.0603. The summed E-state index contributed by atoms with van der Waals surface area (Å²) in [5.41, 5.74) is 1.68. The van der Waals surface area contributed by atoms with E-state index in [-0.39, 0.29) is 22.8 Å². The quantitative estimate of drug-likeness (QED) is 0.394. The van der Waals surface area contributed by atoms with Gasteiger partial charge in [0, 0.05) is 17.1 Å². The van der Waals surface area contributed by atoms with Gasteiger partial charge in [-0.3, -0.25) is 10.1 Å². The number of hydrogen-bond acceptors (Lipinski definition) is 6. The van der Waals surface area contributed by atoms with Crippen LogP contribution in [-0.2, 0) is 16.6 Å². The van der Waals surface area contributed by atoms with E-state index in [1.807, 2.05) is 24.3 Å². The number of carbonyl (C=O) groups is 1. The van der Waals surface area contributed by atoms with Crippen LogP contribution in [0.5, 0.6) is 5.75 Å². The Morgan fingerprint density at radius 2 is 1.84 bits per heavy atom. The van der Waals surface area contributed by atoms with Crippen LogP contribution < -0.4 is 14.8 Å². The van der Waals surface area contributed by atoms with Gasteiger partial charge >= 0.3 is 0 Å². The van der Waals surface area contributed by atoms with Crippen molar-refractivity contribution in [1.82, 2.24) is 9.71 Å². The number of amides is 1. The lowest BCUT2D eigenvalue weighted by molar-refractivity contribution is 0.102. The topological polar surface area (TPSA) is 97.4 Å². The monoisotopic (exact) mass is 487 g/mol. The lowest BCUT2D eigenvalue weighted by Crippen LogP contribution is -2.24. The molecule has 2 N–H and O–H groups in total. The zero-order chi connectivity index (χ0) is 22.7. The molecule has 10 heteroatoms. The molecule has 0 aliphatic carbocycles. The number of sulfonamides is 1. The lowest BCUT2D eigenvalue weighted by atomic mass is 10.2. The van der Waals surface area contributed by atoms with Crippen LogP contribution in [0, 0.1) is 0 Å². The van der Waals surface area contributed by atoms with Crippen LogP contribution in [-0.4, -0.2) is 26.4 Å². The summed E-state index contributed by atoms with van der Waals surface area (Å²) in [5, 5.41) is 3.72. The van der Waals surface area contributed by atoms with Gasteiger partial charge < -0.3 is 4.74 Å². The summed E-state index contributed by atoms with van der Waals surface area (Å²) < 4.78 is 34.6. The van der Waals surface area contributed by atoms with Gasteiger partial charge in [0.15, 0.2) is 5.13 Å². The van der Waals surface area contributed by atoms with E-state index in [0.29, 0.717) is 10.2 Å². The Hall–Kier alpha value is -2.98. The number of thiazole rings is 1. The van der Waals surface area contributed by atoms with Crippen molar-refractivity contribution in [3.05, 3.63) is 82.9 Å². The molecule has 4 rings (SSSR count). The minimum absolute atomic E-state index is 0.0603. The van der Waals surface area contributed by atoms with Gasteiger partial charge in [-0.15, -0.1) is 0 Å². The van der Waals surface area contributed by atoms with Gasteiger partial charge in [-0.2, -0.15) is 0 Å². The molecule has 1 aromatic heterocycles. The van der Waals surface area contributed by atoms with Crippen LogP contribution in [0.3, 0.4) is 0 Å². The molecule has 0 bridgehead atoms. The van der Waals surface area contributed by atoms with Crippen LogP contribution in [0.2, 0.25) is 5.02 Å². The van der Waals surface area contributed by atoms with Crippen LogP contribution >= 0.6 is 22.9 Å². The first kappa shape index (κ1) is 22.2. The summed E-state index contributed by atoms with van der Waals surface area (Å²) in [7, 11) is -2.59. The fourth-order valence-corrected chi connectivity index (χ4v) is 5.18. The number of nitrogens with zero attached hydrogens (tertiary/aromatic N) is 1. The van der Waals surface area contributed by atoms with Gasteiger partial charge in [-0.25, -0.2) is 18.1 Å². The first-order valence-corrected chi connectivity index (χ1v) is 12.1. The summed E-state index contributed by atoms with van der Waals surface area (Å²) in [6.07, 6.45) is 0. The molecular weight excluding hydrogens is 470 g/mol. The van der Waals surface area contributed by atoms with E-state index >= 15 is 0 Å². The predicted molar refractivity (Wildman–Crippen MR) is 126 cm³/mol. The molecule has 0 unspecified atom stereocenters. The molecule has 0 aliphatic heterocycles. The molecule has 0 spiro atoms. The van der Waals surface area contributed by atoms with Gasteiger partial charge in [0.1, 0.15) is 10.6 Å². The number of methoxy groups -OCH3 is 1. The predicted octanol–water partition coefficient (Wildman–Crippen LogP) is 4.69. The Kier molecular flexibility index (Phi) is 6.43. The Bertz CT molecular complexity index is 1350. The highest BCUT2D eigenvalue weighted by atomic mass is 35.5. The number of halogens is 1. The molecule has 1 heterocycles. The highest BCUT2D eigenvalue weighted by Gasteiger charge is 2.22. The van der Waals surface area contributed by atoms with Gasteiger partial charge in [-0.1, -0.05) is 47.2 Å². The standard InChI is InChI=1S/C22H18ClN3O4S2/c1-30-18-11-8-15(21(27)26-22-25-17-4-2-3-5-19(17)31-22)12-20(18)32(28,29)24-13-14-6-9-16(23)10-7-14/h2-12,24H,13H2,1H3,(H,25,26,27). The van der Waals surface area contributed by atoms with Gasteiger partial charge in [-0.05, 0) is 48.0 Å². The van der Waals surface area contributed by atoms with E-state index in [0.717, 1.165) is 15.8 Å². The minimum Gasteiger partial charge on any atom is -0.495 e. The van der Waals surface area contributed by atoms with Gasteiger partial charge in [0.25, 0.3) is 5.91 Å². The Morgan fingerprint density at radius 1 is 1.09 bits per heavy atom. The van der Waals surface area contributed by atoms with E-state index in [4.69, 9.17) is 16.3 Å². The fraction of sp³-hybridized carbons (Fsp3) is 0.0909. The Labute approximate surface area is 194 Å². The number of carbonyl (C=O) groups excluding carboxylic acids is 1. The third kappa shape index (κ3) is 4.91. The van der Waals surface area contributed by atoms with Crippen molar-refractivity contribution in [3.8, 4) is 5.75 Å². The molecule has 4 aromatic rings. The molecule has 0 saturated heterocycles. The summed E-state index contributed by atoms with van der Waals surface area (Å²) >= 11 is 7.21. The van der Waals surface area contributed by atoms with Crippen LogP contribution in [0.15, 0.2) is 71.6 Å². The molecule has 32 heavy (non-hydrogen) atoms. The van der Waals surface area contributed by atoms with Crippen molar-refractivity contribution in [2.75, 3.05) is 12.4 Å². The number of fused-ring (bicyclic) bond motifs is 1. The molecule has 0 fully saturated rings. The summed E-state index contributed by atoms with van der Waals surface area (Å²) in [5.74, 6) is -0.342. The number of nitrogens with one attached hydrogen (secondary N) is 2. The number of hydrogen-bond donors (Lipinski definition) is 2. The van der Waals surface area contributed by atoms with Crippen molar-refractivity contribution < 1.29 is 17.9 Å². The largest absolute Gasteiger partial charge is 0.495 e. The third-order valence-electron chi connectivity index (χ3n) is 4.61. The van der Waals surface area contributed by atoms with Crippen molar-refractivity contribution >= 4 is 54.2 Å². The van der Waals surface area contributed by atoms with Crippen molar-refractivity contribution in [1.29, 1.82) is 0 Å². The molecular formula is C22H18ClN3O4S2. The number of rotatable bonds is 7. The minimum atomic E-state index is -3.96. The second-order valence-corrected chi connectivity index (χ2v) is 9.96. The molecule has 3 aromatic carbocycles. The van der Waals surface area contributed by atoms with Gasteiger partial charge in [0.05, 0.1) is 17.3 Å². The molecule has 7 nitrogen and oxygen atoms in total. The number of para-hydroxylation sites is 1. The van der Waals surface area contributed by atoms with Crippen molar-refractivity contribution in [2.24, 2.45) is 0 Å². The molecule has 0 atom stereocenters. The zero-order valence-electron chi connectivity index (χ0n) is 16.8. The van der Waals surface area contributed by atoms with Crippen molar-refractivity contribution in [3.63, 3.8) is 0 Å². The SMILES string of the molecule is COc1ccc(C(=O)Nc2nc3ccccc3s2)cc1S(=O)(=O)NCc1ccc(Cl)cc1. The molecule has 1 amide bonds. The normalized spacial score (nSPS) is 11.4. The maximum absolute atomic E-state index is 12.9. The average molecular weight is 488 g/mol. The van der Waals surface area contributed by atoms with E-state index in [9.17, 15) is 13.2 Å². The smallest absolute Gasteiger partial charge is 0.257 e. The maximum atomic E-state index is 12.9. The second kappa shape index (κ2) is 9.25. The maximum Gasteiger partial charge on any atom is 0.257 e. The summed E-state index contributed by atoms with van der Waals surface area (Å²) in [6, 6.07) is 18.6. The Balaban J connectivity index is 1.56. The Morgan fingerprint density at radius 3 is 2.56 bits per heavy atom. The third-order valence-corrected chi connectivity index (χ3v) is 7.24. The molecule has 0 saturated carbocycles. The summed E-state index contributed by atoms with van der Waals surface area (Å²) in [4.78, 5) is 17.0. The first-order valence-electron chi connectivity index (χ1n) is 9.45. The van der Waals surface area contributed by atoms with Gasteiger partial charge in [0.2, 0.25) is 10.0 Å². The van der Waals surface area contributed by atoms with E-state index in [2.05, 4.69) is 15.0 Å². The molecule has 0 radical (unpaired) electrons. The average Bonchev–Trinajstić information content (AvgIpc) is 3.20. The lowest BCUT2D eigenvalue weighted by Gasteiger charge is -2.12. The van der Waals surface area contributed by atoms with E-state index in [1.165, 1.54) is 36.6 Å². The number of benzene rings is 3. The zero-order valence-corrected chi connectivity index (χ0v) is 19.2. The first-order chi connectivity index (χ1) is 15.4. The number of anilines is 1. The van der Waals surface area contributed by atoms with Crippen LogP contribution in [0.25, 0.3) is 10.2 Å². The van der Waals surface area contributed by atoms with Crippen molar-refractivity contribution in [2.45, 2.75) is 11.4 Å². The highest BCUT2D eigenvalue weighted by molar-refractivity contribution is 7.89. The fourth-order valence-electron chi connectivity index (χ4n) is 2.98. The molecule has 0 aliphatic rings. The van der Waals surface area contributed by atoms with Crippen LogP contribution in [0.1, 0.15) is 15.9 Å². The van der Waals surface area contributed by atoms with E-state index in [1.54, 1.807) is 24.3 Å². The number of ether oxygens (including phenoxy) is 1. The molecule has 164 valence electrons. The van der Waals surface area contributed by atoms with E-state index < -0.39 is 15.9 Å². The number of aromatic nitrogens is 1.